The average molecular weight is 287 g/mol. The second kappa shape index (κ2) is 7.20. The summed E-state index contributed by atoms with van der Waals surface area (Å²) in [7, 11) is -3.62. The summed E-state index contributed by atoms with van der Waals surface area (Å²) in [6.07, 6.45) is 2.62. The molecule has 7 heteroatoms. The van der Waals surface area contributed by atoms with Crippen LogP contribution in [0.2, 0.25) is 0 Å². The van der Waals surface area contributed by atoms with Gasteiger partial charge in [-0.3, -0.25) is 14.3 Å². The predicted octanol–water partition coefficient (Wildman–Crippen LogP) is 2.63. The van der Waals surface area contributed by atoms with Gasteiger partial charge in [0.15, 0.2) is 0 Å². The number of nitrogens with zero attached hydrogens (tertiary/aromatic N) is 1. The quantitative estimate of drug-likeness (QED) is 0.317. The van der Waals surface area contributed by atoms with Gasteiger partial charge >= 0.3 is 0 Å². The van der Waals surface area contributed by atoms with Crippen molar-refractivity contribution in [2.24, 2.45) is 0 Å². The molecule has 1 rings (SSSR count). The van der Waals surface area contributed by atoms with Gasteiger partial charge in [0, 0.05) is 12.1 Å². The zero-order chi connectivity index (χ0) is 14.3. The summed E-state index contributed by atoms with van der Waals surface area (Å²) >= 11 is 0. The summed E-state index contributed by atoms with van der Waals surface area (Å²) in [5.74, 6) is -0.267. The SMILES string of the molecule is CCCCCOS(=O)(=O)Cc1ccc([N+](=O)[O-])cc1. The van der Waals surface area contributed by atoms with Crippen molar-refractivity contribution in [3.05, 3.63) is 39.9 Å². The van der Waals surface area contributed by atoms with Gasteiger partial charge in [-0.25, -0.2) is 0 Å². The first-order valence-corrected chi connectivity index (χ1v) is 7.63. The molecule has 19 heavy (non-hydrogen) atoms. The van der Waals surface area contributed by atoms with Gasteiger partial charge < -0.3 is 0 Å². The van der Waals surface area contributed by atoms with Crippen molar-refractivity contribution >= 4 is 15.8 Å². The predicted molar refractivity (Wildman–Crippen MR) is 71.2 cm³/mol. The standard InChI is InChI=1S/C12H17NO5S/c1-2-3-4-9-18-19(16,17)10-11-5-7-12(8-6-11)13(14)15/h5-8H,2-4,9-10H2,1H3. The fraction of sp³-hybridized carbons (Fsp3) is 0.500. The molecule has 0 aliphatic rings. The molecule has 6 nitrogen and oxygen atoms in total. The van der Waals surface area contributed by atoms with Crippen LogP contribution < -0.4 is 0 Å². The highest BCUT2D eigenvalue weighted by molar-refractivity contribution is 7.85. The van der Waals surface area contributed by atoms with Crippen molar-refractivity contribution in [2.45, 2.75) is 31.9 Å². The van der Waals surface area contributed by atoms with Crippen LogP contribution in [0.3, 0.4) is 0 Å². The van der Waals surface area contributed by atoms with Crippen LogP contribution in [-0.4, -0.2) is 19.9 Å². The van der Waals surface area contributed by atoms with Gasteiger partial charge in [-0.15, -0.1) is 0 Å². The van der Waals surface area contributed by atoms with Crippen LogP contribution in [0.4, 0.5) is 5.69 Å². The van der Waals surface area contributed by atoms with Gasteiger partial charge in [-0.2, -0.15) is 8.42 Å². The van der Waals surface area contributed by atoms with E-state index in [1.165, 1.54) is 24.3 Å². The van der Waals surface area contributed by atoms with E-state index in [1.807, 2.05) is 6.92 Å². The summed E-state index contributed by atoms with van der Waals surface area (Å²) in [5, 5.41) is 10.5. The fourth-order valence-electron chi connectivity index (χ4n) is 1.50. The topological polar surface area (TPSA) is 86.5 Å². The Morgan fingerprint density at radius 2 is 1.84 bits per heavy atom. The molecule has 0 saturated carbocycles. The zero-order valence-electron chi connectivity index (χ0n) is 10.7. The van der Waals surface area contributed by atoms with Crippen molar-refractivity contribution in [2.75, 3.05) is 6.61 Å². The summed E-state index contributed by atoms with van der Waals surface area (Å²) in [5.41, 5.74) is 0.408. The summed E-state index contributed by atoms with van der Waals surface area (Å²) in [6.45, 7) is 2.20. The highest BCUT2D eigenvalue weighted by atomic mass is 32.2. The summed E-state index contributed by atoms with van der Waals surface area (Å²) in [6, 6.07) is 5.40. The van der Waals surface area contributed by atoms with Gasteiger partial charge in [0.1, 0.15) is 5.75 Å². The molecule has 0 amide bonds. The van der Waals surface area contributed by atoms with E-state index in [4.69, 9.17) is 4.18 Å². The molecule has 0 unspecified atom stereocenters. The number of rotatable bonds is 8. The molecule has 106 valence electrons. The van der Waals surface area contributed by atoms with Crippen molar-refractivity contribution < 1.29 is 17.5 Å². The third-order valence-electron chi connectivity index (χ3n) is 2.50. The van der Waals surface area contributed by atoms with Gasteiger partial charge in [0.05, 0.1) is 11.5 Å². The average Bonchev–Trinajstić information content (AvgIpc) is 2.35. The van der Waals surface area contributed by atoms with Crippen molar-refractivity contribution in [1.29, 1.82) is 0 Å². The lowest BCUT2D eigenvalue weighted by Gasteiger charge is -2.05. The Morgan fingerprint density at radius 1 is 1.21 bits per heavy atom. The summed E-state index contributed by atoms with van der Waals surface area (Å²) < 4.78 is 28.1. The zero-order valence-corrected chi connectivity index (χ0v) is 11.6. The number of hydrogen-bond donors (Lipinski definition) is 0. The molecular formula is C12H17NO5S. The highest BCUT2D eigenvalue weighted by Crippen LogP contribution is 2.14. The third kappa shape index (κ3) is 5.80. The van der Waals surface area contributed by atoms with Crippen LogP contribution >= 0.6 is 0 Å². The largest absolute Gasteiger partial charge is 0.271 e. The smallest absolute Gasteiger partial charge is 0.270 e. The summed E-state index contributed by atoms with van der Waals surface area (Å²) in [4.78, 5) is 9.93. The third-order valence-corrected chi connectivity index (χ3v) is 3.71. The molecule has 1 aromatic carbocycles. The minimum atomic E-state index is -3.62. The van der Waals surface area contributed by atoms with E-state index in [0.29, 0.717) is 12.0 Å². The van der Waals surface area contributed by atoms with Gasteiger partial charge in [0.2, 0.25) is 0 Å². The second-order valence-corrected chi connectivity index (χ2v) is 5.79. The van der Waals surface area contributed by atoms with Crippen molar-refractivity contribution in [3.63, 3.8) is 0 Å². The van der Waals surface area contributed by atoms with E-state index in [1.54, 1.807) is 0 Å². The van der Waals surface area contributed by atoms with Gasteiger partial charge in [0.25, 0.3) is 15.8 Å². The van der Waals surface area contributed by atoms with E-state index in [9.17, 15) is 18.5 Å². The maximum Gasteiger partial charge on any atom is 0.271 e. The Morgan fingerprint density at radius 3 is 2.37 bits per heavy atom. The molecule has 0 bridgehead atoms. The Bertz CT molecular complexity index is 509. The molecule has 0 radical (unpaired) electrons. The first-order valence-electron chi connectivity index (χ1n) is 6.05. The van der Waals surface area contributed by atoms with Gasteiger partial charge in [-0.05, 0) is 12.0 Å². The van der Waals surface area contributed by atoms with Crippen LogP contribution in [0.25, 0.3) is 0 Å². The number of unbranched alkanes of at least 4 members (excludes halogenated alkanes) is 2. The van der Waals surface area contributed by atoms with Crippen LogP contribution in [0.1, 0.15) is 31.7 Å². The van der Waals surface area contributed by atoms with E-state index in [0.717, 1.165) is 12.8 Å². The number of nitro groups is 1. The Labute approximate surface area is 112 Å². The molecule has 0 aliphatic carbocycles. The number of benzene rings is 1. The van der Waals surface area contributed by atoms with Crippen molar-refractivity contribution in [3.8, 4) is 0 Å². The lowest BCUT2D eigenvalue weighted by molar-refractivity contribution is -0.384. The van der Waals surface area contributed by atoms with Crippen molar-refractivity contribution in [1.82, 2.24) is 0 Å². The molecular weight excluding hydrogens is 270 g/mol. The molecule has 1 aromatic rings. The Hall–Kier alpha value is -1.47. The molecule has 0 heterocycles. The highest BCUT2D eigenvalue weighted by Gasteiger charge is 2.13. The monoisotopic (exact) mass is 287 g/mol. The number of nitro benzene ring substituents is 1. The van der Waals surface area contributed by atoms with Gasteiger partial charge in [-0.1, -0.05) is 31.9 Å². The van der Waals surface area contributed by atoms with Crippen LogP contribution in [0.5, 0.6) is 0 Å². The fourth-order valence-corrected chi connectivity index (χ4v) is 2.55. The normalized spacial score (nSPS) is 11.4. The molecule has 0 atom stereocenters. The Balaban J connectivity index is 2.55. The van der Waals surface area contributed by atoms with E-state index in [2.05, 4.69) is 0 Å². The van der Waals surface area contributed by atoms with E-state index in [-0.39, 0.29) is 18.0 Å². The minimum absolute atomic E-state index is 0.0648. The maximum absolute atomic E-state index is 11.6. The van der Waals surface area contributed by atoms with E-state index >= 15 is 0 Å². The minimum Gasteiger partial charge on any atom is -0.270 e. The lowest BCUT2D eigenvalue weighted by Crippen LogP contribution is -2.10. The maximum atomic E-state index is 11.6. The lowest BCUT2D eigenvalue weighted by atomic mass is 10.2. The molecule has 0 spiro atoms. The first-order chi connectivity index (χ1) is 8.94. The Kier molecular flexibility index (Phi) is 5.91. The van der Waals surface area contributed by atoms with E-state index < -0.39 is 15.0 Å². The molecule has 0 saturated heterocycles. The van der Waals surface area contributed by atoms with Crippen LogP contribution in [0, 0.1) is 10.1 Å². The first kappa shape index (κ1) is 15.6. The second-order valence-electron chi connectivity index (χ2n) is 4.15. The molecule has 0 aliphatic heterocycles. The number of non-ortho nitro benzene ring substituents is 1. The number of hydrogen-bond acceptors (Lipinski definition) is 5. The molecule has 0 fully saturated rings. The molecule has 0 N–H and O–H groups in total. The molecule has 0 aromatic heterocycles. The van der Waals surface area contributed by atoms with Crippen LogP contribution in [-0.2, 0) is 20.1 Å². The van der Waals surface area contributed by atoms with Crippen LogP contribution in [0.15, 0.2) is 24.3 Å².